The molecule has 0 spiro atoms. The standard InChI is InChI=1S/C20H34O6/c1-2-3-4-7-14(21)10-11-16-17(19(24)13-18(16)23)12-15(22)8-5-6-9-20(25)26/h10-11,14,16-19,21,23-24H,2-9,12-13H2,1H3,(H,25,26)/b11-10+/t14-,16?,17+,18+,19-/m0/s1. The van der Waals surface area contributed by atoms with Crippen molar-refractivity contribution in [1.29, 1.82) is 0 Å². The summed E-state index contributed by atoms with van der Waals surface area (Å²) in [6, 6.07) is 0. The molecule has 1 aliphatic carbocycles. The summed E-state index contributed by atoms with van der Waals surface area (Å²) < 4.78 is 0. The smallest absolute Gasteiger partial charge is 0.303 e. The van der Waals surface area contributed by atoms with Gasteiger partial charge in [-0.15, -0.1) is 0 Å². The first-order chi connectivity index (χ1) is 12.3. The Balaban J connectivity index is 2.50. The zero-order valence-corrected chi connectivity index (χ0v) is 15.7. The van der Waals surface area contributed by atoms with Crippen LogP contribution in [0, 0.1) is 11.8 Å². The summed E-state index contributed by atoms with van der Waals surface area (Å²) >= 11 is 0. The van der Waals surface area contributed by atoms with Crippen molar-refractivity contribution in [1.82, 2.24) is 0 Å². The van der Waals surface area contributed by atoms with Crippen molar-refractivity contribution >= 4 is 11.8 Å². The second-order valence-corrected chi connectivity index (χ2v) is 7.40. The van der Waals surface area contributed by atoms with Crippen molar-refractivity contribution in [2.75, 3.05) is 0 Å². The van der Waals surface area contributed by atoms with Crippen molar-refractivity contribution in [3.63, 3.8) is 0 Å². The molecule has 1 unspecified atom stereocenters. The lowest BCUT2D eigenvalue weighted by Crippen LogP contribution is -2.24. The Labute approximate surface area is 155 Å². The predicted octanol–water partition coefficient (Wildman–Crippen LogP) is 2.45. The monoisotopic (exact) mass is 370 g/mol. The van der Waals surface area contributed by atoms with Crippen LogP contribution in [-0.2, 0) is 9.59 Å². The van der Waals surface area contributed by atoms with Crippen molar-refractivity contribution in [3.8, 4) is 0 Å². The van der Waals surface area contributed by atoms with Gasteiger partial charge >= 0.3 is 5.97 Å². The second kappa shape index (κ2) is 12.2. The summed E-state index contributed by atoms with van der Waals surface area (Å²) in [4.78, 5) is 22.6. The quantitative estimate of drug-likeness (QED) is 0.292. The number of aliphatic hydroxyl groups is 3. The zero-order valence-electron chi connectivity index (χ0n) is 15.7. The molecule has 1 fully saturated rings. The number of unbranched alkanes of at least 4 members (excludes halogenated alkanes) is 3. The lowest BCUT2D eigenvalue weighted by atomic mass is 9.87. The van der Waals surface area contributed by atoms with E-state index in [2.05, 4.69) is 6.92 Å². The number of ketones is 1. The third kappa shape index (κ3) is 8.43. The molecular formula is C20H34O6. The number of aliphatic carboxylic acids is 1. The number of hydrogen-bond donors (Lipinski definition) is 4. The summed E-state index contributed by atoms with van der Waals surface area (Å²) in [5.74, 6) is -1.57. The highest BCUT2D eigenvalue weighted by molar-refractivity contribution is 5.78. The molecular weight excluding hydrogens is 336 g/mol. The van der Waals surface area contributed by atoms with Crippen LogP contribution >= 0.6 is 0 Å². The van der Waals surface area contributed by atoms with Crippen molar-refractivity contribution in [2.45, 2.75) is 89.4 Å². The number of Topliss-reactive ketones (excluding diaryl/α,β-unsaturated/α-hetero) is 1. The van der Waals surface area contributed by atoms with Crippen LogP contribution in [0.2, 0.25) is 0 Å². The van der Waals surface area contributed by atoms with E-state index in [-0.39, 0.29) is 36.9 Å². The Bertz CT molecular complexity index is 461. The predicted molar refractivity (Wildman–Crippen MR) is 98.6 cm³/mol. The molecule has 6 nitrogen and oxygen atoms in total. The Kier molecular flexibility index (Phi) is 10.7. The number of aliphatic hydroxyl groups excluding tert-OH is 3. The topological polar surface area (TPSA) is 115 Å². The Morgan fingerprint density at radius 3 is 2.42 bits per heavy atom. The van der Waals surface area contributed by atoms with Crippen LogP contribution in [0.1, 0.15) is 71.1 Å². The lowest BCUT2D eigenvalue weighted by molar-refractivity contribution is -0.137. The Morgan fingerprint density at radius 2 is 1.77 bits per heavy atom. The fourth-order valence-electron chi connectivity index (χ4n) is 3.58. The molecule has 0 saturated heterocycles. The van der Waals surface area contributed by atoms with Crippen LogP contribution in [0.3, 0.4) is 0 Å². The molecule has 6 heteroatoms. The third-order valence-corrected chi connectivity index (χ3v) is 5.13. The van der Waals surface area contributed by atoms with Crippen LogP contribution in [0.15, 0.2) is 12.2 Å². The molecule has 26 heavy (non-hydrogen) atoms. The van der Waals surface area contributed by atoms with Crippen LogP contribution in [0.25, 0.3) is 0 Å². The molecule has 1 rings (SSSR count). The number of hydrogen-bond acceptors (Lipinski definition) is 5. The minimum Gasteiger partial charge on any atom is -0.481 e. The molecule has 1 aliphatic rings. The van der Waals surface area contributed by atoms with Crippen molar-refractivity contribution in [2.24, 2.45) is 11.8 Å². The summed E-state index contributed by atoms with van der Waals surface area (Å²) in [5, 5.41) is 39.0. The highest BCUT2D eigenvalue weighted by atomic mass is 16.4. The maximum Gasteiger partial charge on any atom is 0.303 e. The van der Waals surface area contributed by atoms with Gasteiger partial charge in [-0.1, -0.05) is 38.3 Å². The van der Waals surface area contributed by atoms with Gasteiger partial charge in [-0.25, -0.2) is 0 Å². The average molecular weight is 370 g/mol. The van der Waals surface area contributed by atoms with Gasteiger partial charge in [0.15, 0.2) is 0 Å². The van der Waals surface area contributed by atoms with E-state index in [9.17, 15) is 24.9 Å². The molecule has 0 bridgehead atoms. The summed E-state index contributed by atoms with van der Waals surface area (Å²) in [5.41, 5.74) is 0. The molecule has 1 saturated carbocycles. The number of carbonyl (C=O) groups excluding carboxylic acids is 1. The zero-order chi connectivity index (χ0) is 19.5. The maximum atomic E-state index is 12.1. The van der Waals surface area contributed by atoms with Gasteiger partial charge in [-0.2, -0.15) is 0 Å². The van der Waals surface area contributed by atoms with Gasteiger partial charge in [0.1, 0.15) is 5.78 Å². The van der Waals surface area contributed by atoms with Gasteiger partial charge in [0, 0.05) is 37.5 Å². The normalized spacial score (nSPS) is 27.1. The first kappa shape index (κ1) is 22.8. The lowest BCUT2D eigenvalue weighted by Gasteiger charge is -2.20. The third-order valence-electron chi connectivity index (χ3n) is 5.13. The van der Waals surface area contributed by atoms with E-state index in [0.717, 1.165) is 19.3 Å². The number of rotatable bonds is 13. The minimum atomic E-state index is -0.866. The molecule has 0 aromatic heterocycles. The summed E-state index contributed by atoms with van der Waals surface area (Å²) in [6.45, 7) is 2.10. The second-order valence-electron chi connectivity index (χ2n) is 7.40. The van der Waals surface area contributed by atoms with Gasteiger partial charge in [0.2, 0.25) is 0 Å². The average Bonchev–Trinajstić information content (AvgIpc) is 2.83. The highest BCUT2D eigenvalue weighted by Crippen LogP contribution is 2.36. The van der Waals surface area contributed by atoms with E-state index < -0.39 is 24.3 Å². The number of carboxylic acids is 1. The van der Waals surface area contributed by atoms with Crippen molar-refractivity contribution in [3.05, 3.63) is 12.2 Å². The van der Waals surface area contributed by atoms with Crippen LogP contribution in [-0.4, -0.2) is 50.5 Å². The van der Waals surface area contributed by atoms with Gasteiger partial charge in [0.05, 0.1) is 18.3 Å². The minimum absolute atomic E-state index is 0.0181. The van der Waals surface area contributed by atoms with E-state index in [1.807, 2.05) is 0 Å². The van der Waals surface area contributed by atoms with E-state index >= 15 is 0 Å². The summed E-state index contributed by atoms with van der Waals surface area (Å²) in [7, 11) is 0. The number of carboxylic acid groups (broad SMARTS) is 1. The van der Waals surface area contributed by atoms with E-state index in [1.165, 1.54) is 0 Å². The van der Waals surface area contributed by atoms with E-state index in [1.54, 1.807) is 12.2 Å². The molecule has 0 heterocycles. The molecule has 150 valence electrons. The van der Waals surface area contributed by atoms with Gasteiger partial charge in [-0.05, 0) is 19.3 Å². The first-order valence-corrected chi connectivity index (χ1v) is 9.81. The number of carbonyl (C=O) groups is 2. The Morgan fingerprint density at radius 1 is 1.08 bits per heavy atom. The fourth-order valence-corrected chi connectivity index (χ4v) is 3.58. The van der Waals surface area contributed by atoms with Gasteiger partial charge in [-0.3, -0.25) is 9.59 Å². The largest absolute Gasteiger partial charge is 0.481 e. The maximum absolute atomic E-state index is 12.1. The van der Waals surface area contributed by atoms with Crippen LogP contribution < -0.4 is 0 Å². The summed E-state index contributed by atoms with van der Waals surface area (Å²) in [6.07, 6.45) is 6.90. The SMILES string of the molecule is CCCCC[C@H](O)/C=C/C1[C@H](O)C[C@H](O)[C@@H]1CC(=O)CCCCC(=O)O. The van der Waals surface area contributed by atoms with Gasteiger partial charge < -0.3 is 20.4 Å². The van der Waals surface area contributed by atoms with Crippen molar-refractivity contribution < 1.29 is 30.0 Å². The van der Waals surface area contributed by atoms with Crippen LogP contribution in [0.5, 0.6) is 0 Å². The van der Waals surface area contributed by atoms with E-state index in [0.29, 0.717) is 25.7 Å². The molecule has 4 N–H and O–H groups in total. The fraction of sp³-hybridized carbons (Fsp3) is 0.800. The van der Waals surface area contributed by atoms with Gasteiger partial charge in [0.25, 0.3) is 0 Å². The van der Waals surface area contributed by atoms with Crippen LogP contribution in [0.4, 0.5) is 0 Å². The molecule has 0 amide bonds. The molecule has 0 aliphatic heterocycles. The first-order valence-electron chi connectivity index (χ1n) is 9.81. The Hall–Kier alpha value is -1.24. The molecule has 0 aromatic carbocycles. The molecule has 0 aromatic rings. The molecule has 0 radical (unpaired) electrons. The highest BCUT2D eigenvalue weighted by Gasteiger charge is 2.41. The molecule has 5 atom stereocenters. The van der Waals surface area contributed by atoms with E-state index in [4.69, 9.17) is 5.11 Å².